The fraction of sp³-hybridized carbons (Fsp3) is 0.571. The van der Waals surface area contributed by atoms with Crippen molar-refractivity contribution in [2.24, 2.45) is 5.92 Å². The molecule has 1 N–H and O–H groups in total. The predicted molar refractivity (Wildman–Crippen MR) is 67.1 cm³/mol. The van der Waals surface area contributed by atoms with Crippen LogP contribution in [0.1, 0.15) is 53.2 Å². The number of aromatic carboxylic acids is 1. The van der Waals surface area contributed by atoms with Gasteiger partial charge in [0.25, 0.3) is 5.91 Å². The lowest BCUT2D eigenvalue weighted by molar-refractivity contribution is 0.0510. The quantitative estimate of drug-likeness (QED) is 0.889. The first-order valence-electron chi connectivity index (χ1n) is 6.81. The van der Waals surface area contributed by atoms with E-state index < -0.39 is 5.97 Å². The van der Waals surface area contributed by atoms with E-state index in [2.05, 4.69) is 0 Å². The van der Waals surface area contributed by atoms with Gasteiger partial charge in [0.1, 0.15) is 0 Å². The molecule has 2 fully saturated rings. The highest BCUT2D eigenvalue weighted by Gasteiger charge is 2.38. The summed E-state index contributed by atoms with van der Waals surface area (Å²) in [6.07, 6.45) is 5.67. The Hall–Kier alpha value is -1.78. The van der Waals surface area contributed by atoms with Crippen molar-refractivity contribution in [3.05, 3.63) is 23.7 Å². The van der Waals surface area contributed by atoms with Gasteiger partial charge in [-0.1, -0.05) is 6.42 Å². The maximum absolute atomic E-state index is 12.4. The minimum absolute atomic E-state index is 0.143. The van der Waals surface area contributed by atoms with E-state index in [4.69, 9.17) is 9.52 Å². The van der Waals surface area contributed by atoms with Crippen molar-refractivity contribution in [3.8, 4) is 0 Å². The van der Waals surface area contributed by atoms with Gasteiger partial charge in [0, 0.05) is 12.6 Å². The van der Waals surface area contributed by atoms with Crippen molar-refractivity contribution >= 4 is 11.9 Å². The molecule has 1 saturated heterocycles. The van der Waals surface area contributed by atoms with Crippen LogP contribution in [0.5, 0.6) is 0 Å². The third-order valence-electron chi connectivity index (χ3n) is 4.28. The smallest absolute Gasteiger partial charge is 0.371 e. The largest absolute Gasteiger partial charge is 0.475 e. The van der Waals surface area contributed by atoms with Crippen LogP contribution in [0.3, 0.4) is 0 Å². The topological polar surface area (TPSA) is 70.8 Å². The highest BCUT2D eigenvalue weighted by molar-refractivity contribution is 5.93. The van der Waals surface area contributed by atoms with E-state index in [0.29, 0.717) is 12.0 Å². The summed E-state index contributed by atoms with van der Waals surface area (Å²) < 4.78 is 5.12. The molecule has 1 aliphatic carbocycles. The number of carboxylic acid groups (broad SMARTS) is 1. The van der Waals surface area contributed by atoms with Crippen LogP contribution in [0.25, 0.3) is 0 Å². The zero-order valence-corrected chi connectivity index (χ0v) is 10.7. The van der Waals surface area contributed by atoms with E-state index in [-0.39, 0.29) is 17.4 Å². The summed E-state index contributed by atoms with van der Waals surface area (Å²) in [6, 6.07) is 3.12. The second kappa shape index (κ2) is 4.72. The van der Waals surface area contributed by atoms with E-state index in [1.807, 2.05) is 4.90 Å². The van der Waals surface area contributed by atoms with Gasteiger partial charge in [0.05, 0.1) is 0 Å². The minimum atomic E-state index is -1.14. The Morgan fingerprint density at radius 3 is 2.63 bits per heavy atom. The Labute approximate surface area is 111 Å². The molecule has 1 saturated carbocycles. The summed E-state index contributed by atoms with van der Waals surface area (Å²) in [7, 11) is 0. The minimum Gasteiger partial charge on any atom is -0.475 e. The third-order valence-corrected chi connectivity index (χ3v) is 4.28. The molecule has 1 aromatic rings. The lowest BCUT2D eigenvalue weighted by Gasteiger charge is -2.37. The SMILES string of the molecule is O=C(O)c1ccc(C(=O)N2CCCC3CCCC32)o1. The number of fused-ring (bicyclic) bond motifs is 1. The van der Waals surface area contributed by atoms with Crippen molar-refractivity contribution in [1.82, 2.24) is 4.90 Å². The molecule has 0 aromatic carbocycles. The number of carbonyl (C=O) groups excluding carboxylic acids is 1. The first-order valence-corrected chi connectivity index (χ1v) is 6.81. The Kier molecular flexibility index (Phi) is 3.05. The van der Waals surface area contributed by atoms with Crippen LogP contribution in [0.15, 0.2) is 16.5 Å². The molecule has 0 bridgehead atoms. The van der Waals surface area contributed by atoms with E-state index in [9.17, 15) is 9.59 Å². The van der Waals surface area contributed by atoms with Crippen LogP contribution >= 0.6 is 0 Å². The van der Waals surface area contributed by atoms with Gasteiger partial charge in [-0.05, 0) is 43.7 Å². The first kappa shape index (κ1) is 12.3. The second-order valence-electron chi connectivity index (χ2n) is 5.37. The molecular weight excluding hydrogens is 246 g/mol. The van der Waals surface area contributed by atoms with Crippen molar-refractivity contribution < 1.29 is 19.1 Å². The Bertz CT molecular complexity index is 507. The molecule has 2 atom stereocenters. The van der Waals surface area contributed by atoms with Gasteiger partial charge in [-0.25, -0.2) is 4.79 Å². The molecule has 1 amide bonds. The number of hydrogen-bond donors (Lipinski definition) is 1. The fourth-order valence-electron chi connectivity index (χ4n) is 3.42. The normalized spacial score (nSPS) is 26.2. The first-order chi connectivity index (χ1) is 9.16. The zero-order valence-electron chi connectivity index (χ0n) is 10.7. The molecular formula is C14H17NO4. The summed E-state index contributed by atoms with van der Waals surface area (Å²) in [5.74, 6) is -0.722. The number of rotatable bonds is 2. The number of amides is 1. The summed E-state index contributed by atoms with van der Waals surface area (Å²) in [5.41, 5.74) is 0. The molecule has 19 heavy (non-hydrogen) atoms. The average molecular weight is 263 g/mol. The number of piperidine rings is 1. The van der Waals surface area contributed by atoms with Crippen molar-refractivity contribution in [2.45, 2.75) is 38.1 Å². The summed E-state index contributed by atoms with van der Waals surface area (Å²) in [6.45, 7) is 0.753. The molecule has 1 aliphatic heterocycles. The highest BCUT2D eigenvalue weighted by atomic mass is 16.4. The van der Waals surface area contributed by atoms with Crippen molar-refractivity contribution in [2.75, 3.05) is 6.54 Å². The second-order valence-corrected chi connectivity index (χ2v) is 5.37. The van der Waals surface area contributed by atoms with Crippen LogP contribution in [0.4, 0.5) is 0 Å². The molecule has 0 spiro atoms. The molecule has 5 heteroatoms. The zero-order chi connectivity index (χ0) is 13.4. The van der Waals surface area contributed by atoms with Crippen LogP contribution in [-0.2, 0) is 0 Å². The van der Waals surface area contributed by atoms with Gasteiger partial charge >= 0.3 is 5.97 Å². The Balaban J connectivity index is 1.80. The maximum Gasteiger partial charge on any atom is 0.371 e. The number of furan rings is 1. The van der Waals surface area contributed by atoms with Crippen LogP contribution in [-0.4, -0.2) is 34.5 Å². The predicted octanol–water partition coefficient (Wildman–Crippen LogP) is 2.38. The molecule has 0 radical (unpaired) electrons. The van der Waals surface area contributed by atoms with Crippen LogP contribution < -0.4 is 0 Å². The van der Waals surface area contributed by atoms with E-state index >= 15 is 0 Å². The summed E-state index contributed by atoms with van der Waals surface area (Å²) in [4.78, 5) is 25.1. The van der Waals surface area contributed by atoms with E-state index in [1.54, 1.807) is 0 Å². The number of hydrogen-bond acceptors (Lipinski definition) is 3. The van der Waals surface area contributed by atoms with E-state index in [0.717, 1.165) is 19.4 Å². The van der Waals surface area contributed by atoms with Crippen LogP contribution in [0.2, 0.25) is 0 Å². The number of nitrogens with zero attached hydrogens (tertiary/aromatic N) is 1. The molecule has 3 rings (SSSR count). The lowest BCUT2D eigenvalue weighted by atomic mass is 9.92. The van der Waals surface area contributed by atoms with E-state index in [1.165, 1.54) is 31.4 Å². The molecule has 2 unspecified atom stereocenters. The molecule has 102 valence electrons. The Morgan fingerprint density at radius 1 is 1.16 bits per heavy atom. The van der Waals surface area contributed by atoms with Gasteiger partial charge in [0.2, 0.25) is 5.76 Å². The van der Waals surface area contributed by atoms with Gasteiger partial charge in [-0.3, -0.25) is 4.79 Å². The molecule has 1 aromatic heterocycles. The average Bonchev–Trinajstić information content (AvgIpc) is 3.06. The fourth-order valence-corrected chi connectivity index (χ4v) is 3.42. The standard InChI is InChI=1S/C14H17NO4/c16-13(11-6-7-12(19-11)14(17)18)15-8-2-4-9-3-1-5-10(9)15/h6-7,9-10H,1-5,8H2,(H,17,18). The summed E-state index contributed by atoms with van der Waals surface area (Å²) >= 11 is 0. The number of carbonyl (C=O) groups is 2. The van der Waals surface area contributed by atoms with Gasteiger partial charge < -0.3 is 14.4 Å². The van der Waals surface area contributed by atoms with Crippen molar-refractivity contribution in [3.63, 3.8) is 0 Å². The van der Waals surface area contributed by atoms with Crippen LogP contribution in [0, 0.1) is 5.92 Å². The lowest BCUT2D eigenvalue weighted by Crippen LogP contribution is -2.46. The Morgan fingerprint density at radius 2 is 1.89 bits per heavy atom. The number of carboxylic acids is 1. The van der Waals surface area contributed by atoms with Gasteiger partial charge in [-0.2, -0.15) is 0 Å². The molecule has 5 nitrogen and oxygen atoms in total. The molecule has 2 aliphatic rings. The summed E-state index contributed by atoms with van der Waals surface area (Å²) in [5, 5.41) is 8.82. The van der Waals surface area contributed by atoms with Gasteiger partial charge in [0.15, 0.2) is 5.76 Å². The van der Waals surface area contributed by atoms with Crippen molar-refractivity contribution in [1.29, 1.82) is 0 Å². The highest BCUT2D eigenvalue weighted by Crippen LogP contribution is 2.37. The third kappa shape index (κ3) is 2.13. The maximum atomic E-state index is 12.4. The monoisotopic (exact) mass is 263 g/mol. The molecule has 2 heterocycles. The van der Waals surface area contributed by atoms with Gasteiger partial charge in [-0.15, -0.1) is 0 Å². The number of likely N-dealkylation sites (tertiary alicyclic amines) is 1.